The summed E-state index contributed by atoms with van der Waals surface area (Å²) in [6.07, 6.45) is 0. The van der Waals surface area contributed by atoms with Gasteiger partial charge in [0.1, 0.15) is 5.79 Å². The Morgan fingerprint density at radius 2 is 1.64 bits per heavy atom. The predicted octanol–water partition coefficient (Wildman–Crippen LogP) is -0.399. The van der Waals surface area contributed by atoms with Gasteiger partial charge < -0.3 is 4.98 Å². The van der Waals surface area contributed by atoms with Crippen molar-refractivity contribution < 1.29 is 0 Å². The van der Waals surface area contributed by atoms with E-state index in [0.29, 0.717) is 0 Å². The summed E-state index contributed by atoms with van der Waals surface area (Å²) in [6.45, 7) is 6.62. The molecule has 68 valence electrons. The molecule has 11 heavy (non-hydrogen) atoms. The molecule has 0 aliphatic carbocycles. The molecule has 4 heteroatoms. The van der Waals surface area contributed by atoms with Gasteiger partial charge in [0.2, 0.25) is 0 Å². The summed E-state index contributed by atoms with van der Waals surface area (Å²) in [5.74, 6) is -0.0729. The fourth-order valence-corrected chi connectivity index (χ4v) is 1.88. The van der Waals surface area contributed by atoms with Gasteiger partial charge >= 0.3 is 0 Å². The molecule has 3 nitrogen and oxygen atoms in total. The Kier molecular flexibility index (Phi) is 4.91. The highest BCUT2D eigenvalue weighted by Gasteiger charge is 2.17. The Balaban J connectivity index is 3.69. The molecule has 0 amide bonds. The fourth-order valence-electron chi connectivity index (χ4n) is 0.710. The van der Waals surface area contributed by atoms with Crippen LogP contribution in [0.5, 0.6) is 0 Å². The van der Waals surface area contributed by atoms with Crippen molar-refractivity contribution in [3.05, 3.63) is 0 Å². The molecule has 0 aliphatic heterocycles. The zero-order valence-corrected chi connectivity index (χ0v) is 9.70. The summed E-state index contributed by atoms with van der Waals surface area (Å²) in [6, 6.07) is 0. The van der Waals surface area contributed by atoms with Gasteiger partial charge in [0, 0.05) is 0 Å². The maximum atomic E-state index is 3.51. The molecule has 0 saturated heterocycles. The van der Waals surface area contributed by atoms with Crippen LogP contribution in [0.2, 0.25) is 5.54 Å². The van der Waals surface area contributed by atoms with Gasteiger partial charge in [-0.3, -0.25) is 10.6 Å². The van der Waals surface area contributed by atoms with Crippen molar-refractivity contribution in [2.24, 2.45) is 0 Å². The molecule has 0 radical (unpaired) electrons. The van der Waals surface area contributed by atoms with Crippen molar-refractivity contribution in [1.82, 2.24) is 15.6 Å². The first-order valence-corrected chi connectivity index (χ1v) is 5.69. The van der Waals surface area contributed by atoms with Crippen LogP contribution in [0.15, 0.2) is 0 Å². The normalized spacial score (nSPS) is 13.6. The van der Waals surface area contributed by atoms with Crippen LogP contribution in [0.3, 0.4) is 0 Å². The van der Waals surface area contributed by atoms with Crippen LogP contribution in [0.1, 0.15) is 20.8 Å². The van der Waals surface area contributed by atoms with Crippen LogP contribution < -0.4 is 15.6 Å². The molecule has 0 aliphatic rings. The van der Waals surface area contributed by atoms with Crippen molar-refractivity contribution in [3.63, 3.8) is 0 Å². The first-order valence-electron chi connectivity index (χ1n) is 4.17. The van der Waals surface area contributed by atoms with Gasteiger partial charge in [-0.15, -0.1) is 0 Å². The number of rotatable bonds is 5. The molecule has 0 bridgehead atoms. The van der Waals surface area contributed by atoms with Crippen molar-refractivity contribution in [2.45, 2.75) is 32.1 Å². The molecule has 0 atom stereocenters. The highest BCUT2D eigenvalue weighted by molar-refractivity contribution is 6.34. The Bertz CT molecular complexity index is 102. The summed E-state index contributed by atoms with van der Waals surface area (Å²) in [5, 5.41) is 6.39. The smallest absolute Gasteiger partial charge is 0.113 e. The van der Waals surface area contributed by atoms with E-state index in [1.165, 1.54) is 0 Å². The highest BCUT2D eigenvalue weighted by Crippen LogP contribution is 1.97. The van der Waals surface area contributed by atoms with Gasteiger partial charge in [0.25, 0.3) is 0 Å². The lowest BCUT2D eigenvalue weighted by molar-refractivity contribution is 0.306. The van der Waals surface area contributed by atoms with E-state index >= 15 is 0 Å². The first-order chi connectivity index (χ1) is 5.04. The SMILES string of the molecule is CNC(C)(NC)N[SiH2]C(C)C. The lowest BCUT2D eigenvalue weighted by Gasteiger charge is -2.31. The van der Waals surface area contributed by atoms with Crippen LogP contribution in [-0.4, -0.2) is 29.6 Å². The summed E-state index contributed by atoms with van der Waals surface area (Å²) in [4.78, 5) is 3.51. The molecule has 0 aromatic rings. The molecule has 0 aromatic heterocycles. The van der Waals surface area contributed by atoms with Crippen LogP contribution in [0.25, 0.3) is 0 Å². The first kappa shape index (κ1) is 11.1. The molecule has 0 aromatic carbocycles. The zero-order chi connectivity index (χ0) is 8.91. The third-order valence-electron chi connectivity index (χ3n) is 1.86. The molecule has 0 unspecified atom stereocenters. The van der Waals surface area contributed by atoms with E-state index in [1.807, 2.05) is 14.1 Å². The summed E-state index contributed by atoms with van der Waals surface area (Å²) < 4.78 is 0. The molecular formula is C7H21N3Si. The van der Waals surface area contributed by atoms with E-state index < -0.39 is 0 Å². The predicted molar refractivity (Wildman–Crippen MR) is 53.3 cm³/mol. The van der Waals surface area contributed by atoms with Crippen LogP contribution >= 0.6 is 0 Å². The molecule has 0 heterocycles. The minimum absolute atomic E-state index is 0.0729. The minimum atomic E-state index is -0.155. The Morgan fingerprint density at radius 1 is 1.18 bits per heavy atom. The van der Waals surface area contributed by atoms with E-state index in [4.69, 9.17) is 0 Å². The Hall–Kier alpha value is 0.0969. The Labute approximate surface area is 72.2 Å². The van der Waals surface area contributed by atoms with E-state index in [0.717, 1.165) is 5.54 Å². The second-order valence-corrected chi connectivity index (χ2v) is 5.79. The van der Waals surface area contributed by atoms with E-state index in [-0.39, 0.29) is 15.5 Å². The monoisotopic (exact) mass is 175 g/mol. The van der Waals surface area contributed by atoms with Crippen LogP contribution in [0.4, 0.5) is 0 Å². The second-order valence-electron chi connectivity index (χ2n) is 3.40. The van der Waals surface area contributed by atoms with Gasteiger partial charge in [-0.25, -0.2) is 0 Å². The van der Waals surface area contributed by atoms with Crippen LogP contribution in [-0.2, 0) is 0 Å². The van der Waals surface area contributed by atoms with Crippen molar-refractivity contribution in [2.75, 3.05) is 14.1 Å². The van der Waals surface area contributed by atoms with Crippen molar-refractivity contribution in [1.29, 1.82) is 0 Å². The second kappa shape index (κ2) is 4.87. The van der Waals surface area contributed by atoms with E-state index in [2.05, 4.69) is 36.4 Å². The topological polar surface area (TPSA) is 36.1 Å². The zero-order valence-electron chi connectivity index (χ0n) is 8.28. The Morgan fingerprint density at radius 3 is 1.91 bits per heavy atom. The lowest BCUT2D eigenvalue weighted by atomic mass is 10.4. The number of nitrogens with one attached hydrogen (secondary N) is 3. The maximum Gasteiger partial charge on any atom is 0.113 e. The molecule has 0 saturated carbocycles. The molecule has 0 spiro atoms. The summed E-state index contributed by atoms with van der Waals surface area (Å²) >= 11 is 0. The molecule has 3 N–H and O–H groups in total. The van der Waals surface area contributed by atoms with Gasteiger partial charge in [0.15, 0.2) is 0 Å². The average Bonchev–Trinajstić information content (AvgIpc) is 2.00. The van der Waals surface area contributed by atoms with Gasteiger partial charge in [-0.2, -0.15) is 0 Å². The standard InChI is InChI=1S/C7H21N3Si/c1-6(2)11-10-7(3,8-4)9-5/h6,8-10H,11H2,1-5H3. The lowest BCUT2D eigenvalue weighted by Crippen LogP contribution is -2.63. The third-order valence-corrected chi connectivity index (χ3v) is 3.59. The van der Waals surface area contributed by atoms with Crippen molar-refractivity contribution >= 4 is 9.68 Å². The number of hydrogen-bond donors (Lipinski definition) is 3. The van der Waals surface area contributed by atoms with E-state index in [1.54, 1.807) is 0 Å². The van der Waals surface area contributed by atoms with Gasteiger partial charge in [-0.05, 0) is 26.6 Å². The quantitative estimate of drug-likeness (QED) is 0.393. The fraction of sp³-hybridized carbons (Fsp3) is 1.00. The number of hydrogen-bond acceptors (Lipinski definition) is 3. The van der Waals surface area contributed by atoms with Crippen LogP contribution in [0, 0.1) is 0 Å². The summed E-state index contributed by atoms with van der Waals surface area (Å²) in [5.41, 5.74) is 0.816. The maximum absolute atomic E-state index is 3.51. The van der Waals surface area contributed by atoms with Gasteiger partial charge in [0.05, 0.1) is 9.68 Å². The highest BCUT2D eigenvalue weighted by atomic mass is 28.2. The largest absolute Gasteiger partial charge is 0.314 e. The average molecular weight is 175 g/mol. The third kappa shape index (κ3) is 4.52. The van der Waals surface area contributed by atoms with E-state index in [9.17, 15) is 0 Å². The molecule has 0 fully saturated rings. The van der Waals surface area contributed by atoms with Gasteiger partial charge in [-0.1, -0.05) is 13.8 Å². The minimum Gasteiger partial charge on any atom is -0.314 e. The van der Waals surface area contributed by atoms with Crippen molar-refractivity contribution in [3.8, 4) is 0 Å². The molecular weight excluding hydrogens is 154 g/mol. The molecule has 0 rings (SSSR count). The summed E-state index contributed by atoms with van der Waals surface area (Å²) in [7, 11) is 3.76.